The second-order valence-corrected chi connectivity index (χ2v) is 5.41. The van der Waals surface area contributed by atoms with Crippen LogP contribution in [0.25, 0.3) is 0 Å². The fourth-order valence-corrected chi connectivity index (χ4v) is 2.07. The Morgan fingerprint density at radius 1 is 1.27 bits per heavy atom. The Hall–Kier alpha value is -2.30. The first-order valence-corrected chi connectivity index (χ1v) is 7.73. The predicted octanol–water partition coefficient (Wildman–Crippen LogP) is 2.39. The summed E-state index contributed by atoms with van der Waals surface area (Å²) in [4.78, 5) is 4.23. The van der Waals surface area contributed by atoms with Crippen LogP contribution in [0.15, 0.2) is 47.7 Å². The summed E-state index contributed by atoms with van der Waals surface area (Å²) in [5.74, 6) is 0.824. The molecule has 0 saturated heterocycles. The number of guanidine groups is 1. The minimum atomic E-state index is 0.409. The number of rotatable bonds is 6. The minimum absolute atomic E-state index is 0.409. The highest BCUT2D eigenvalue weighted by molar-refractivity contribution is 5.79. The first-order chi connectivity index (χ1) is 10.7. The van der Waals surface area contributed by atoms with Gasteiger partial charge in [-0.1, -0.05) is 37.3 Å². The van der Waals surface area contributed by atoms with Gasteiger partial charge in [0.2, 0.25) is 0 Å². The van der Waals surface area contributed by atoms with Crippen LogP contribution in [0, 0.1) is 0 Å². The average molecular weight is 299 g/mol. The van der Waals surface area contributed by atoms with Gasteiger partial charge >= 0.3 is 0 Å². The first-order valence-electron chi connectivity index (χ1n) is 7.73. The zero-order valence-electron chi connectivity index (χ0n) is 13.6. The maximum atomic E-state index is 4.41. The highest BCUT2D eigenvalue weighted by Gasteiger charge is 2.04. The molecule has 0 aliphatic heterocycles. The SMILES string of the molecule is CCC(C)NC(=NC)NCc1cnn(Cc2ccccc2)c1. The minimum Gasteiger partial charge on any atom is -0.354 e. The molecule has 1 heterocycles. The van der Waals surface area contributed by atoms with E-state index in [0.29, 0.717) is 12.6 Å². The summed E-state index contributed by atoms with van der Waals surface area (Å²) in [6, 6.07) is 10.7. The second-order valence-electron chi connectivity index (χ2n) is 5.41. The summed E-state index contributed by atoms with van der Waals surface area (Å²) in [7, 11) is 1.79. The molecule has 1 atom stereocenters. The third-order valence-corrected chi connectivity index (χ3v) is 3.55. The van der Waals surface area contributed by atoms with Crippen molar-refractivity contribution in [1.29, 1.82) is 0 Å². The van der Waals surface area contributed by atoms with E-state index >= 15 is 0 Å². The lowest BCUT2D eigenvalue weighted by atomic mass is 10.2. The third-order valence-electron chi connectivity index (χ3n) is 3.55. The Morgan fingerprint density at radius 3 is 2.73 bits per heavy atom. The molecule has 2 aromatic rings. The van der Waals surface area contributed by atoms with Crippen molar-refractivity contribution >= 4 is 5.96 Å². The fraction of sp³-hybridized carbons (Fsp3) is 0.412. The molecule has 2 N–H and O–H groups in total. The van der Waals surface area contributed by atoms with Crippen LogP contribution >= 0.6 is 0 Å². The number of aliphatic imine (C=N–C) groups is 1. The smallest absolute Gasteiger partial charge is 0.191 e. The van der Waals surface area contributed by atoms with E-state index in [1.165, 1.54) is 5.56 Å². The van der Waals surface area contributed by atoms with Crippen LogP contribution < -0.4 is 10.6 Å². The fourth-order valence-electron chi connectivity index (χ4n) is 2.07. The summed E-state index contributed by atoms with van der Waals surface area (Å²) in [6.07, 6.45) is 5.03. The van der Waals surface area contributed by atoms with Crippen molar-refractivity contribution in [3.05, 3.63) is 53.9 Å². The van der Waals surface area contributed by atoms with E-state index in [4.69, 9.17) is 0 Å². The van der Waals surface area contributed by atoms with Gasteiger partial charge in [-0.2, -0.15) is 5.10 Å². The summed E-state index contributed by atoms with van der Waals surface area (Å²) < 4.78 is 1.96. The lowest BCUT2D eigenvalue weighted by Crippen LogP contribution is -2.41. The first kappa shape index (κ1) is 16.1. The monoisotopic (exact) mass is 299 g/mol. The van der Waals surface area contributed by atoms with E-state index in [-0.39, 0.29) is 0 Å². The Labute approximate surface area is 132 Å². The molecule has 0 aliphatic carbocycles. The molecule has 0 bridgehead atoms. The zero-order chi connectivity index (χ0) is 15.8. The predicted molar refractivity (Wildman–Crippen MR) is 90.9 cm³/mol. The van der Waals surface area contributed by atoms with Crippen LogP contribution in [-0.2, 0) is 13.1 Å². The number of nitrogens with zero attached hydrogens (tertiary/aromatic N) is 3. The number of hydrogen-bond donors (Lipinski definition) is 2. The van der Waals surface area contributed by atoms with Crippen LogP contribution in [0.5, 0.6) is 0 Å². The van der Waals surface area contributed by atoms with Crippen molar-refractivity contribution in [3.63, 3.8) is 0 Å². The lowest BCUT2D eigenvalue weighted by molar-refractivity contribution is 0.624. The van der Waals surface area contributed by atoms with Gasteiger partial charge in [-0.3, -0.25) is 9.67 Å². The number of nitrogens with one attached hydrogen (secondary N) is 2. The average Bonchev–Trinajstić information content (AvgIpc) is 2.99. The van der Waals surface area contributed by atoms with Gasteiger partial charge in [-0.15, -0.1) is 0 Å². The van der Waals surface area contributed by atoms with Gasteiger partial charge in [0, 0.05) is 31.4 Å². The summed E-state index contributed by atoms with van der Waals surface area (Å²) in [5, 5.41) is 11.1. The molecule has 0 spiro atoms. The van der Waals surface area contributed by atoms with E-state index in [0.717, 1.165) is 24.5 Å². The van der Waals surface area contributed by atoms with Gasteiger partial charge in [0.1, 0.15) is 0 Å². The Balaban J connectivity index is 1.86. The van der Waals surface area contributed by atoms with Gasteiger partial charge in [-0.05, 0) is 18.9 Å². The van der Waals surface area contributed by atoms with Gasteiger partial charge in [0.25, 0.3) is 0 Å². The normalized spacial score (nSPS) is 13.0. The Kier molecular flexibility index (Phi) is 6.01. The standard InChI is InChI=1S/C17H25N5/c1-4-14(2)21-17(18-3)19-10-16-11-20-22(13-16)12-15-8-6-5-7-9-15/h5-9,11,13-14H,4,10,12H2,1-3H3,(H2,18,19,21). The Morgan fingerprint density at radius 2 is 2.05 bits per heavy atom. The van der Waals surface area contributed by atoms with Crippen molar-refractivity contribution in [3.8, 4) is 0 Å². The van der Waals surface area contributed by atoms with E-state index < -0.39 is 0 Å². The van der Waals surface area contributed by atoms with E-state index in [2.05, 4.69) is 52.9 Å². The molecule has 1 unspecified atom stereocenters. The molecule has 0 radical (unpaired) electrons. The van der Waals surface area contributed by atoms with Gasteiger partial charge < -0.3 is 10.6 Å². The highest BCUT2D eigenvalue weighted by Crippen LogP contribution is 2.03. The van der Waals surface area contributed by atoms with E-state index in [1.54, 1.807) is 7.05 Å². The molecule has 5 heteroatoms. The van der Waals surface area contributed by atoms with Gasteiger partial charge in [0.15, 0.2) is 5.96 Å². The molecule has 5 nitrogen and oxygen atoms in total. The molecule has 1 aromatic heterocycles. The third kappa shape index (κ3) is 4.91. The summed E-state index contributed by atoms with van der Waals surface area (Å²) in [6.45, 7) is 5.80. The van der Waals surface area contributed by atoms with E-state index in [9.17, 15) is 0 Å². The van der Waals surface area contributed by atoms with Crippen molar-refractivity contribution in [1.82, 2.24) is 20.4 Å². The molecular formula is C17H25N5. The van der Waals surface area contributed by atoms with Crippen LogP contribution in [0.2, 0.25) is 0 Å². The topological polar surface area (TPSA) is 54.2 Å². The molecule has 118 valence electrons. The largest absolute Gasteiger partial charge is 0.354 e. The van der Waals surface area contributed by atoms with E-state index in [1.807, 2.05) is 29.1 Å². The van der Waals surface area contributed by atoms with Crippen molar-refractivity contribution in [2.45, 2.75) is 39.4 Å². The van der Waals surface area contributed by atoms with Gasteiger partial charge in [-0.25, -0.2) is 0 Å². The molecule has 0 saturated carbocycles. The van der Waals surface area contributed by atoms with Crippen molar-refractivity contribution in [2.75, 3.05) is 7.05 Å². The lowest BCUT2D eigenvalue weighted by Gasteiger charge is -2.15. The molecular weight excluding hydrogens is 274 g/mol. The van der Waals surface area contributed by atoms with Crippen LogP contribution in [0.1, 0.15) is 31.4 Å². The number of hydrogen-bond acceptors (Lipinski definition) is 2. The second kappa shape index (κ2) is 8.22. The summed E-state index contributed by atoms with van der Waals surface area (Å²) >= 11 is 0. The molecule has 22 heavy (non-hydrogen) atoms. The maximum absolute atomic E-state index is 4.41. The van der Waals surface area contributed by atoms with Crippen LogP contribution in [0.3, 0.4) is 0 Å². The van der Waals surface area contributed by atoms with Crippen LogP contribution in [-0.4, -0.2) is 28.8 Å². The molecule has 1 aromatic carbocycles. The molecule has 0 amide bonds. The molecule has 0 aliphatic rings. The highest BCUT2D eigenvalue weighted by atomic mass is 15.3. The molecule has 2 rings (SSSR count). The quantitative estimate of drug-likeness (QED) is 0.636. The molecule has 0 fully saturated rings. The van der Waals surface area contributed by atoms with Gasteiger partial charge in [0.05, 0.1) is 12.7 Å². The maximum Gasteiger partial charge on any atom is 0.191 e. The van der Waals surface area contributed by atoms with Crippen molar-refractivity contribution < 1.29 is 0 Å². The van der Waals surface area contributed by atoms with Crippen molar-refractivity contribution in [2.24, 2.45) is 4.99 Å². The summed E-state index contributed by atoms with van der Waals surface area (Å²) in [5.41, 5.74) is 2.39. The number of benzene rings is 1. The zero-order valence-corrected chi connectivity index (χ0v) is 13.6. The van der Waals surface area contributed by atoms with Crippen LogP contribution in [0.4, 0.5) is 0 Å². The Bertz CT molecular complexity index is 588. The number of aromatic nitrogens is 2.